The Labute approximate surface area is 201 Å². The number of aryl methyl sites for hydroxylation is 1. The number of benzene rings is 1. The molecule has 3 aliphatic heterocycles. The average Bonchev–Trinajstić information content (AvgIpc) is 2.77. The molecule has 5 nitrogen and oxygen atoms in total. The topological polar surface area (TPSA) is 36.0 Å². The van der Waals surface area contributed by atoms with Crippen molar-refractivity contribution in [3.63, 3.8) is 0 Å². The Morgan fingerprint density at radius 2 is 1.57 bits per heavy atom. The lowest BCUT2D eigenvalue weighted by Gasteiger charge is -2.54. The predicted molar refractivity (Wildman–Crippen MR) is 118 cm³/mol. The molecule has 1 amide bonds. The minimum absolute atomic E-state index is 0.0692. The van der Waals surface area contributed by atoms with E-state index in [9.17, 15) is 31.1 Å². The molecule has 1 aromatic rings. The van der Waals surface area contributed by atoms with Crippen molar-refractivity contribution >= 4 is 11.8 Å². The third-order valence-corrected chi connectivity index (χ3v) is 7.35. The number of likely N-dealkylation sites (tertiary alicyclic amines) is 2. The van der Waals surface area contributed by atoms with Gasteiger partial charge in [0.1, 0.15) is 0 Å². The van der Waals surface area contributed by atoms with Gasteiger partial charge in [0, 0.05) is 51.5 Å². The fraction of sp³-hybridized carbons (Fsp3) is 0.708. The summed E-state index contributed by atoms with van der Waals surface area (Å²) in [6.07, 6.45) is -12.4. The van der Waals surface area contributed by atoms with Gasteiger partial charge in [0.25, 0.3) is 6.10 Å². The molecule has 0 unspecified atom stereocenters. The molecule has 11 heteroatoms. The Bertz CT molecular complexity index is 884. The highest BCUT2D eigenvalue weighted by Gasteiger charge is 2.60. The van der Waals surface area contributed by atoms with Crippen LogP contribution in [0.1, 0.15) is 43.2 Å². The van der Waals surface area contributed by atoms with Gasteiger partial charge in [0.15, 0.2) is 0 Å². The average molecular weight is 508 g/mol. The second-order valence-corrected chi connectivity index (χ2v) is 10.2. The van der Waals surface area contributed by atoms with Crippen LogP contribution in [0.4, 0.5) is 36.8 Å². The SMILES string of the molecule is Cc1ccc(CN2CC3(CCN(C(=O)OC(C(F)(F)F)C(F)(F)F)CC3)C2)c(N2CCCCC2)c1. The number of carbonyl (C=O) groups excluding carboxylic acids is 1. The second-order valence-electron chi connectivity index (χ2n) is 10.2. The first-order valence-corrected chi connectivity index (χ1v) is 12.0. The van der Waals surface area contributed by atoms with Crippen LogP contribution in [0.15, 0.2) is 18.2 Å². The normalized spacial score (nSPS) is 21.4. The Balaban J connectivity index is 1.30. The van der Waals surface area contributed by atoms with Crippen molar-refractivity contribution in [2.45, 2.75) is 64.0 Å². The minimum atomic E-state index is -5.71. The Kier molecular flexibility index (Phi) is 7.19. The summed E-state index contributed by atoms with van der Waals surface area (Å²) in [5.41, 5.74) is 3.68. The van der Waals surface area contributed by atoms with Gasteiger partial charge in [-0.25, -0.2) is 4.79 Å². The van der Waals surface area contributed by atoms with Crippen molar-refractivity contribution in [3.8, 4) is 0 Å². The molecule has 35 heavy (non-hydrogen) atoms. The van der Waals surface area contributed by atoms with E-state index in [0.717, 1.165) is 37.6 Å². The van der Waals surface area contributed by atoms with Crippen LogP contribution in [-0.2, 0) is 11.3 Å². The van der Waals surface area contributed by atoms with Gasteiger partial charge in [-0.05, 0) is 61.6 Å². The molecule has 0 aromatic heterocycles. The Morgan fingerprint density at radius 1 is 0.971 bits per heavy atom. The molecule has 3 saturated heterocycles. The summed E-state index contributed by atoms with van der Waals surface area (Å²) < 4.78 is 80.0. The fourth-order valence-corrected chi connectivity index (χ4v) is 5.47. The van der Waals surface area contributed by atoms with E-state index >= 15 is 0 Å². The van der Waals surface area contributed by atoms with Crippen LogP contribution >= 0.6 is 0 Å². The van der Waals surface area contributed by atoms with Crippen molar-refractivity contribution < 1.29 is 35.9 Å². The summed E-state index contributed by atoms with van der Waals surface area (Å²) in [6.45, 7) is 6.72. The molecule has 0 aliphatic carbocycles. The van der Waals surface area contributed by atoms with Crippen LogP contribution in [0.25, 0.3) is 0 Å². The zero-order chi connectivity index (χ0) is 25.4. The molecule has 0 saturated carbocycles. The molecular formula is C24H31F6N3O2. The highest BCUT2D eigenvalue weighted by atomic mass is 19.4. The Hall–Kier alpha value is -2.17. The quantitative estimate of drug-likeness (QED) is 0.504. The van der Waals surface area contributed by atoms with Crippen LogP contribution < -0.4 is 4.90 Å². The minimum Gasteiger partial charge on any atom is -0.426 e. The molecule has 3 fully saturated rings. The van der Waals surface area contributed by atoms with Gasteiger partial charge in [-0.2, -0.15) is 26.3 Å². The molecule has 1 spiro atoms. The lowest BCUT2D eigenvalue weighted by atomic mass is 9.72. The van der Waals surface area contributed by atoms with Crippen LogP contribution in [0.5, 0.6) is 0 Å². The van der Waals surface area contributed by atoms with Crippen LogP contribution in [-0.4, -0.2) is 73.6 Å². The van der Waals surface area contributed by atoms with E-state index in [0.29, 0.717) is 12.8 Å². The number of carbonyl (C=O) groups is 1. The molecule has 0 atom stereocenters. The largest absolute Gasteiger partial charge is 0.434 e. The van der Waals surface area contributed by atoms with E-state index in [1.807, 2.05) is 0 Å². The van der Waals surface area contributed by atoms with Crippen LogP contribution in [0.3, 0.4) is 0 Å². The molecule has 196 valence electrons. The highest BCUT2D eigenvalue weighted by Crippen LogP contribution is 2.42. The van der Waals surface area contributed by atoms with E-state index in [-0.39, 0.29) is 18.5 Å². The first-order chi connectivity index (χ1) is 16.4. The van der Waals surface area contributed by atoms with Crippen molar-refractivity contribution in [2.24, 2.45) is 5.41 Å². The molecule has 0 radical (unpaired) electrons. The summed E-state index contributed by atoms with van der Waals surface area (Å²) in [5.74, 6) is 0. The third kappa shape index (κ3) is 5.98. The summed E-state index contributed by atoms with van der Waals surface area (Å²) in [6, 6.07) is 6.51. The van der Waals surface area contributed by atoms with Gasteiger partial charge in [-0.1, -0.05) is 12.1 Å². The van der Waals surface area contributed by atoms with Crippen LogP contribution in [0.2, 0.25) is 0 Å². The van der Waals surface area contributed by atoms with E-state index in [2.05, 4.69) is 39.7 Å². The summed E-state index contributed by atoms with van der Waals surface area (Å²) in [7, 11) is 0. The highest BCUT2D eigenvalue weighted by molar-refractivity contribution is 5.68. The number of ether oxygens (including phenoxy) is 1. The van der Waals surface area contributed by atoms with Crippen molar-refractivity contribution in [1.29, 1.82) is 0 Å². The Morgan fingerprint density at radius 3 is 2.14 bits per heavy atom. The van der Waals surface area contributed by atoms with Crippen LogP contribution in [0, 0.1) is 12.3 Å². The van der Waals surface area contributed by atoms with Crippen molar-refractivity contribution in [2.75, 3.05) is 44.2 Å². The third-order valence-electron chi connectivity index (χ3n) is 7.35. The number of nitrogens with zero attached hydrogens (tertiary/aromatic N) is 3. The zero-order valence-corrected chi connectivity index (χ0v) is 19.7. The van der Waals surface area contributed by atoms with Crippen molar-refractivity contribution in [1.82, 2.24) is 9.80 Å². The maximum absolute atomic E-state index is 12.7. The fourth-order valence-electron chi connectivity index (χ4n) is 5.47. The van der Waals surface area contributed by atoms with Gasteiger partial charge in [-0.15, -0.1) is 0 Å². The van der Waals surface area contributed by atoms with Gasteiger partial charge in [-0.3, -0.25) is 4.90 Å². The molecule has 3 heterocycles. The molecule has 1 aromatic carbocycles. The zero-order valence-electron chi connectivity index (χ0n) is 19.7. The van der Waals surface area contributed by atoms with Gasteiger partial charge in [0.2, 0.25) is 0 Å². The number of hydrogen-bond acceptors (Lipinski definition) is 4. The lowest BCUT2D eigenvalue weighted by molar-refractivity contribution is -0.308. The lowest BCUT2D eigenvalue weighted by Crippen LogP contribution is -2.60. The second kappa shape index (κ2) is 9.71. The number of rotatable bonds is 4. The van der Waals surface area contributed by atoms with E-state index in [1.165, 1.54) is 36.1 Å². The number of halogens is 6. The smallest absolute Gasteiger partial charge is 0.426 e. The molecule has 3 aliphatic rings. The van der Waals surface area contributed by atoms with Gasteiger partial charge in [0.05, 0.1) is 0 Å². The first-order valence-electron chi connectivity index (χ1n) is 12.0. The summed E-state index contributed by atoms with van der Waals surface area (Å²) in [5, 5.41) is 0. The number of hydrogen-bond donors (Lipinski definition) is 0. The van der Waals surface area contributed by atoms with E-state index in [1.54, 1.807) is 0 Å². The van der Waals surface area contributed by atoms with E-state index in [4.69, 9.17) is 0 Å². The first kappa shape index (κ1) is 25.9. The van der Waals surface area contributed by atoms with Gasteiger partial charge < -0.3 is 14.5 Å². The molecule has 0 bridgehead atoms. The number of amides is 1. The predicted octanol–water partition coefficient (Wildman–Crippen LogP) is 5.51. The summed E-state index contributed by atoms with van der Waals surface area (Å²) >= 11 is 0. The number of anilines is 1. The molecule has 4 rings (SSSR count). The maximum atomic E-state index is 12.7. The number of piperidine rings is 2. The van der Waals surface area contributed by atoms with Crippen molar-refractivity contribution in [3.05, 3.63) is 29.3 Å². The molecule has 0 N–H and O–H groups in total. The standard InChI is InChI=1S/C24H31F6N3O2/c1-17-5-6-18(19(13-17)32-9-3-2-4-10-32)14-31-15-22(16-31)7-11-33(12-8-22)21(34)35-20(23(25,26)27)24(28,29)30/h5-6,13,20H,2-4,7-12,14-16H2,1H3. The molecular weight excluding hydrogens is 476 g/mol. The van der Waals surface area contributed by atoms with E-state index < -0.39 is 24.5 Å². The van der Waals surface area contributed by atoms with Gasteiger partial charge >= 0.3 is 18.4 Å². The maximum Gasteiger partial charge on any atom is 0.434 e. The summed E-state index contributed by atoms with van der Waals surface area (Å²) in [4.78, 5) is 17.7. The monoisotopic (exact) mass is 507 g/mol. The number of alkyl halides is 6.